The molecular formula is C16H23BrN2O3. The molecule has 0 bridgehead atoms. The average molecular weight is 371 g/mol. The highest BCUT2D eigenvalue weighted by molar-refractivity contribution is 9.10. The molecule has 1 aliphatic heterocycles. The standard InChI is InChI=1S/C16H23BrN2O3/c1-4-21-14-6-12(17)13(7-15(14)22-5-2)19-16(20)10(3)11-8-18-9-11/h6-7,10-11,18H,4-5,8-9H2,1-3H3,(H,19,20). The highest BCUT2D eigenvalue weighted by Gasteiger charge is 2.29. The van der Waals surface area contributed by atoms with E-state index in [4.69, 9.17) is 9.47 Å². The van der Waals surface area contributed by atoms with E-state index in [-0.39, 0.29) is 11.8 Å². The van der Waals surface area contributed by atoms with Crippen molar-refractivity contribution in [1.29, 1.82) is 0 Å². The van der Waals surface area contributed by atoms with Gasteiger partial charge in [-0.2, -0.15) is 0 Å². The van der Waals surface area contributed by atoms with Gasteiger partial charge >= 0.3 is 0 Å². The van der Waals surface area contributed by atoms with Crippen LogP contribution >= 0.6 is 15.9 Å². The maximum Gasteiger partial charge on any atom is 0.227 e. The minimum absolute atomic E-state index is 0.0183. The summed E-state index contributed by atoms with van der Waals surface area (Å²) in [6.07, 6.45) is 0. The van der Waals surface area contributed by atoms with Gasteiger partial charge in [-0.3, -0.25) is 4.79 Å². The number of nitrogens with one attached hydrogen (secondary N) is 2. The lowest BCUT2D eigenvalue weighted by molar-refractivity contribution is -0.121. The predicted molar refractivity (Wildman–Crippen MR) is 90.6 cm³/mol. The molecule has 1 aromatic carbocycles. The van der Waals surface area contributed by atoms with Crippen LogP contribution in [0.25, 0.3) is 0 Å². The molecule has 0 radical (unpaired) electrons. The van der Waals surface area contributed by atoms with Crippen molar-refractivity contribution in [2.45, 2.75) is 20.8 Å². The normalized spacial score (nSPS) is 15.8. The van der Waals surface area contributed by atoms with Crippen LogP contribution in [-0.2, 0) is 4.79 Å². The number of rotatable bonds is 7. The van der Waals surface area contributed by atoms with E-state index < -0.39 is 0 Å². The van der Waals surface area contributed by atoms with Crippen molar-refractivity contribution >= 4 is 27.5 Å². The van der Waals surface area contributed by atoms with Crippen molar-refractivity contribution in [2.24, 2.45) is 11.8 Å². The van der Waals surface area contributed by atoms with Crippen molar-refractivity contribution in [1.82, 2.24) is 5.32 Å². The second-order valence-electron chi connectivity index (χ2n) is 5.34. The Morgan fingerprint density at radius 1 is 1.32 bits per heavy atom. The van der Waals surface area contributed by atoms with E-state index in [1.807, 2.05) is 32.9 Å². The molecule has 1 unspecified atom stereocenters. The summed E-state index contributed by atoms with van der Waals surface area (Å²) in [5, 5.41) is 6.17. The molecule has 1 amide bonds. The van der Waals surface area contributed by atoms with Crippen molar-refractivity contribution in [3.63, 3.8) is 0 Å². The lowest BCUT2D eigenvalue weighted by Crippen LogP contribution is -2.48. The summed E-state index contributed by atoms with van der Waals surface area (Å²) in [5.74, 6) is 1.73. The second kappa shape index (κ2) is 7.83. The van der Waals surface area contributed by atoms with Gasteiger partial charge in [0.15, 0.2) is 11.5 Å². The van der Waals surface area contributed by atoms with E-state index in [9.17, 15) is 4.79 Å². The fraction of sp³-hybridized carbons (Fsp3) is 0.562. The Balaban J connectivity index is 2.15. The molecule has 1 heterocycles. The van der Waals surface area contributed by atoms with Crippen LogP contribution in [0.5, 0.6) is 11.5 Å². The van der Waals surface area contributed by atoms with Gasteiger partial charge in [0, 0.05) is 22.5 Å². The second-order valence-corrected chi connectivity index (χ2v) is 6.20. The van der Waals surface area contributed by atoms with Crippen molar-refractivity contribution in [3.05, 3.63) is 16.6 Å². The molecule has 122 valence electrons. The number of ether oxygens (including phenoxy) is 2. The van der Waals surface area contributed by atoms with Crippen LogP contribution in [0.3, 0.4) is 0 Å². The van der Waals surface area contributed by atoms with Crippen LogP contribution in [0.1, 0.15) is 20.8 Å². The zero-order chi connectivity index (χ0) is 16.1. The van der Waals surface area contributed by atoms with Crippen LogP contribution in [0.15, 0.2) is 16.6 Å². The quantitative estimate of drug-likeness (QED) is 0.774. The van der Waals surface area contributed by atoms with Crippen LogP contribution in [0.4, 0.5) is 5.69 Å². The van der Waals surface area contributed by atoms with Crippen LogP contribution in [0, 0.1) is 11.8 Å². The van der Waals surface area contributed by atoms with E-state index >= 15 is 0 Å². The number of hydrogen-bond acceptors (Lipinski definition) is 4. The molecule has 1 aliphatic rings. The predicted octanol–water partition coefficient (Wildman–Crippen LogP) is 3.04. The molecule has 1 fully saturated rings. The topological polar surface area (TPSA) is 59.6 Å². The minimum Gasteiger partial charge on any atom is -0.490 e. The molecule has 0 saturated carbocycles. The minimum atomic E-state index is -0.0183. The zero-order valence-corrected chi connectivity index (χ0v) is 14.8. The van der Waals surface area contributed by atoms with E-state index in [0.29, 0.717) is 36.3 Å². The molecular weight excluding hydrogens is 348 g/mol. The summed E-state index contributed by atoms with van der Waals surface area (Å²) in [7, 11) is 0. The Morgan fingerprint density at radius 2 is 1.91 bits per heavy atom. The monoisotopic (exact) mass is 370 g/mol. The zero-order valence-electron chi connectivity index (χ0n) is 13.2. The molecule has 0 aliphatic carbocycles. The number of carbonyl (C=O) groups is 1. The van der Waals surface area contributed by atoms with Gasteiger partial charge in [-0.15, -0.1) is 0 Å². The van der Waals surface area contributed by atoms with Gasteiger partial charge in [-0.1, -0.05) is 6.92 Å². The lowest BCUT2D eigenvalue weighted by atomic mass is 9.88. The SMILES string of the molecule is CCOc1cc(Br)c(NC(=O)C(C)C2CNC2)cc1OCC. The maximum atomic E-state index is 12.3. The summed E-state index contributed by atoms with van der Waals surface area (Å²) >= 11 is 3.49. The van der Waals surface area contributed by atoms with Crippen molar-refractivity contribution in [3.8, 4) is 11.5 Å². The fourth-order valence-electron chi connectivity index (χ4n) is 2.29. The highest BCUT2D eigenvalue weighted by atomic mass is 79.9. The van der Waals surface area contributed by atoms with E-state index in [0.717, 1.165) is 17.6 Å². The van der Waals surface area contributed by atoms with Crippen LogP contribution in [0.2, 0.25) is 0 Å². The van der Waals surface area contributed by atoms with Gasteiger partial charge in [-0.05, 0) is 48.8 Å². The first-order chi connectivity index (χ1) is 10.6. The average Bonchev–Trinajstić information content (AvgIpc) is 2.42. The molecule has 6 heteroatoms. The molecule has 0 spiro atoms. The largest absolute Gasteiger partial charge is 0.490 e. The van der Waals surface area contributed by atoms with Gasteiger partial charge in [-0.25, -0.2) is 0 Å². The Hall–Kier alpha value is -1.27. The summed E-state index contributed by atoms with van der Waals surface area (Å²) in [4.78, 5) is 12.3. The van der Waals surface area contributed by atoms with E-state index in [1.54, 1.807) is 0 Å². The highest BCUT2D eigenvalue weighted by Crippen LogP contribution is 2.37. The molecule has 1 aromatic rings. The molecule has 2 N–H and O–H groups in total. The number of halogens is 1. The third kappa shape index (κ3) is 3.93. The number of amides is 1. The number of hydrogen-bond donors (Lipinski definition) is 2. The van der Waals surface area contributed by atoms with Gasteiger partial charge < -0.3 is 20.1 Å². The van der Waals surface area contributed by atoms with Crippen molar-refractivity contribution in [2.75, 3.05) is 31.6 Å². The Labute approximate surface area is 139 Å². The van der Waals surface area contributed by atoms with Crippen LogP contribution in [-0.4, -0.2) is 32.2 Å². The Morgan fingerprint density at radius 3 is 2.41 bits per heavy atom. The smallest absolute Gasteiger partial charge is 0.227 e. The van der Waals surface area contributed by atoms with Gasteiger partial charge in [0.05, 0.1) is 18.9 Å². The lowest BCUT2D eigenvalue weighted by Gasteiger charge is -2.31. The first kappa shape index (κ1) is 17.1. The van der Waals surface area contributed by atoms with Gasteiger partial charge in [0.1, 0.15) is 0 Å². The third-order valence-corrected chi connectivity index (χ3v) is 4.48. The molecule has 0 aromatic heterocycles. The number of benzene rings is 1. The Bertz CT molecular complexity index is 532. The molecule has 5 nitrogen and oxygen atoms in total. The van der Waals surface area contributed by atoms with Gasteiger partial charge in [0.2, 0.25) is 5.91 Å². The summed E-state index contributed by atoms with van der Waals surface area (Å²) in [5.41, 5.74) is 0.705. The third-order valence-electron chi connectivity index (χ3n) is 3.82. The maximum absolute atomic E-state index is 12.3. The summed E-state index contributed by atoms with van der Waals surface area (Å²) < 4.78 is 12.0. The summed E-state index contributed by atoms with van der Waals surface area (Å²) in [6, 6.07) is 3.64. The van der Waals surface area contributed by atoms with Crippen LogP contribution < -0.4 is 20.1 Å². The Kier molecular flexibility index (Phi) is 6.08. The number of anilines is 1. The molecule has 1 saturated heterocycles. The number of carbonyl (C=O) groups excluding carboxylic acids is 1. The molecule has 2 rings (SSSR count). The first-order valence-electron chi connectivity index (χ1n) is 7.67. The van der Waals surface area contributed by atoms with E-state index in [2.05, 4.69) is 26.6 Å². The summed E-state index contributed by atoms with van der Waals surface area (Å²) in [6.45, 7) is 8.72. The van der Waals surface area contributed by atoms with Crippen molar-refractivity contribution < 1.29 is 14.3 Å². The first-order valence-corrected chi connectivity index (χ1v) is 8.46. The van der Waals surface area contributed by atoms with E-state index in [1.165, 1.54) is 0 Å². The van der Waals surface area contributed by atoms with Gasteiger partial charge in [0.25, 0.3) is 0 Å². The molecule has 1 atom stereocenters. The fourth-order valence-corrected chi connectivity index (χ4v) is 2.71. The molecule has 22 heavy (non-hydrogen) atoms.